The molecule has 1 aromatic rings. The average molecular weight is 230 g/mol. The Kier molecular flexibility index (Phi) is 5.03. The zero-order chi connectivity index (χ0) is 12.7. The SMILES string of the molecule is CCCCCNc1ccc(C(C)(C)C#N)cc1. The topological polar surface area (TPSA) is 35.8 Å². The average Bonchev–Trinajstić information content (AvgIpc) is 2.35. The minimum atomic E-state index is -0.402. The molecule has 0 aliphatic rings. The monoisotopic (exact) mass is 230 g/mol. The molecule has 0 bridgehead atoms. The zero-order valence-corrected chi connectivity index (χ0v) is 11.1. The lowest BCUT2D eigenvalue weighted by Gasteiger charge is -2.16. The summed E-state index contributed by atoms with van der Waals surface area (Å²) in [5.74, 6) is 0. The third-order valence-corrected chi connectivity index (χ3v) is 3.00. The third kappa shape index (κ3) is 4.11. The van der Waals surface area contributed by atoms with Crippen molar-refractivity contribution >= 4 is 5.69 Å². The zero-order valence-electron chi connectivity index (χ0n) is 11.1. The Hall–Kier alpha value is -1.49. The maximum atomic E-state index is 9.05. The Bertz CT molecular complexity index is 371. The number of nitriles is 1. The van der Waals surface area contributed by atoms with Crippen molar-refractivity contribution in [3.63, 3.8) is 0 Å². The lowest BCUT2D eigenvalue weighted by atomic mass is 9.86. The summed E-state index contributed by atoms with van der Waals surface area (Å²) >= 11 is 0. The molecule has 17 heavy (non-hydrogen) atoms. The highest BCUT2D eigenvalue weighted by Gasteiger charge is 2.18. The fourth-order valence-corrected chi connectivity index (χ4v) is 1.68. The summed E-state index contributed by atoms with van der Waals surface area (Å²) in [4.78, 5) is 0. The first-order valence-corrected chi connectivity index (χ1v) is 6.36. The van der Waals surface area contributed by atoms with Gasteiger partial charge in [0.1, 0.15) is 0 Å². The summed E-state index contributed by atoms with van der Waals surface area (Å²) in [7, 11) is 0. The molecule has 0 saturated carbocycles. The Morgan fingerprint density at radius 2 is 1.82 bits per heavy atom. The number of nitrogens with one attached hydrogen (secondary N) is 1. The van der Waals surface area contributed by atoms with Crippen LogP contribution < -0.4 is 5.32 Å². The van der Waals surface area contributed by atoms with E-state index in [9.17, 15) is 0 Å². The molecule has 0 unspecified atom stereocenters. The van der Waals surface area contributed by atoms with E-state index in [1.54, 1.807) is 0 Å². The van der Waals surface area contributed by atoms with E-state index in [-0.39, 0.29) is 0 Å². The lowest BCUT2D eigenvalue weighted by Crippen LogP contribution is -2.13. The summed E-state index contributed by atoms with van der Waals surface area (Å²) in [6.45, 7) is 7.11. The molecular weight excluding hydrogens is 208 g/mol. The van der Waals surface area contributed by atoms with E-state index in [1.165, 1.54) is 19.3 Å². The van der Waals surface area contributed by atoms with Gasteiger partial charge in [-0.1, -0.05) is 31.9 Å². The van der Waals surface area contributed by atoms with Crippen molar-refractivity contribution in [2.24, 2.45) is 0 Å². The second kappa shape index (κ2) is 6.30. The minimum absolute atomic E-state index is 0.402. The van der Waals surface area contributed by atoms with Crippen LogP contribution in [0.3, 0.4) is 0 Å². The highest BCUT2D eigenvalue weighted by molar-refractivity contribution is 5.46. The molecule has 0 radical (unpaired) electrons. The van der Waals surface area contributed by atoms with Crippen molar-refractivity contribution in [3.05, 3.63) is 29.8 Å². The molecule has 1 rings (SSSR count). The summed E-state index contributed by atoms with van der Waals surface area (Å²) < 4.78 is 0. The van der Waals surface area contributed by atoms with E-state index in [0.29, 0.717) is 0 Å². The van der Waals surface area contributed by atoms with E-state index in [4.69, 9.17) is 5.26 Å². The highest BCUT2D eigenvalue weighted by atomic mass is 14.9. The molecule has 2 nitrogen and oxygen atoms in total. The van der Waals surface area contributed by atoms with Gasteiger partial charge < -0.3 is 5.32 Å². The smallest absolute Gasteiger partial charge is 0.0766 e. The van der Waals surface area contributed by atoms with E-state index in [2.05, 4.69) is 30.4 Å². The van der Waals surface area contributed by atoms with E-state index in [0.717, 1.165) is 17.8 Å². The fraction of sp³-hybridized carbons (Fsp3) is 0.533. The van der Waals surface area contributed by atoms with Gasteiger partial charge in [-0.05, 0) is 38.0 Å². The Labute approximate surface area is 105 Å². The van der Waals surface area contributed by atoms with Gasteiger partial charge in [-0.25, -0.2) is 0 Å². The number of rotatable bonds is 6. The molecule has 2 heteroatoms. The van der Waals surface area contributed by atoms with Crippen LogP contribution in [0.25, 0.3) is 0 Å². The van der Waals surface area contributed by atoms with Crippen LogP contribution in [-0.2, 0) is 5.41 Å². The number of unbranched alkanes of at least 4 members (excludes halogenated alkanes) is 2. The highest BCUT2D eigenvalue weighted by Crippen LogP contribution is 2.23. The quantitative estimate of drug-likeness (QED) is 0.747. The number of nitrogens with zero attached hydrogens (tertiary/aromatic N) is 1. The molecule has 92 valence electrons. The van der Waals surface area contributed by atoms with Crippen LogP contribution in [0.5, 0.6) is 0 Å². The molecule has 1 aromatic carbocycles. The summed E-state index contributed by atoms with van der Waals surface area (Å²) in [6.07, 6.45) is 3.73. The number of anilines is 1. The molecule has 0 aliphatic heterocycles. The van der Waals surface area contributed by atoms with Gasteiger partial charge in [0.25, 0.3) is 0 Å². The second-order valence-corrected chi connectivity index (χ2v) is 4.95. The van der Waals surface area contributed by atoms with Gasteiger partial charge in [0.2, 0.25) is 0 Å². The normalized spacial score (nSPS) is 10.9. The standard InChI is InChI=1S/C15H22N2/c1-4-5-6-11-17-14-9-7-13(8-10-14)15(2,3)12-16/h7-10,17H,4-6,11H2,1-3H3. The number of hydrogen-bond donors (Lipinski definition) is 1. The molecular formula is C15H22N2. The van der Waals surface area contributed by atoms with Crippen LogP contribution in [0.2, 0.25) is 0 Å². The second-order valence-electron chi connectivity index (χ2n) is 4.95. The van der Waals surface area contributed by atoms with Crippen LogP contribution in [0.1, 0.15) is 45.6 Å². The van der Waals surface area contributed by atoms with Crippen molar-refractivity contribution in [1.82, 2.24) is 0 Å². The van der Waals surface area contributed by atoms with Gasteiger partial charge in [0, 0.05) is 12.2 Å². The van der Waals surface area contributed by atoms with Crippen molar-refractivity contribution in [1.29, 1.82) is 5.26 Å². The summed E-state index contributed by atoms with van der Waals surface area (Å²) in [5.41, 5.74) is 1.80. The molecule has 0 aromatic heterocycles. The maximum absolute atomic E-state index is 9.05. The maximum Gasteiger partial charge on any atom is 0.0766 e. The van der Waals surface area contributed by atoms with Gasteiger partial charge in [-0.3, -0.25) is 0 Å². The molecule has 0 heterocycles. The van der Waals surface area contributed by atoms with Gasteiger partial charge >= 0.3 is 0 Å². The van der Waals surface area contributed by atoms with E-state index < -0.39 is 5.41 Å². The predicted molar refractivity (Wildman–Crippen MR) is 73.1 cm³/mol. The molecule has 0 spiro atoms. The number of benzene rings is 1. The van der Waals surface area contributed by atoms with E-state index in [1.807, 2.05) is 26.0 Å². The van der Waals surface area contributed by atoms with Crippen LogP contribution in [0, 0.1) is 11.3 Å². The van der Waals surface area contributed by atoms with Crippen LogP contribution >= 0.6 is 0 Å². The van der Waals surface area contributed by atoms with Crippen LogP contribution in [0.15, 0.2) is 24.3 Å². The van der Waals surface area contributed by atoms with Crippen molar-refractivity contribution in [2.75, 3.05) is 11.9 Å². The van der Waals surface area contributed by atoms with E-state index >= 15 is 0 Å². The third-order valence-electron chi connectivity index (χ3n) is 3.00. The Balaban J connectivity index is 2.54. The minimum Gasteiger partial charge on any atom is -0.385 e. The largest absolute Gasteiger partial charge is 0.385 e. The van der Waals surface area contributed by atoms with Gasteiger partial charge in [0.15, 0.2) is 0 Å². The molecule has 0 fully saturated rings. The van der Waals surface area contributed by atoms with Gasteiger partial charge in [-0.2, -0.15) is 5.26 Å². The Morgan fingerprint density at radius 3 is 2.35 bits per heavy atom. The fourth-order valence-electron chi connectivity index (χ4n) is 1.68. The van der Waals surface area contributed by atoms with Gasteiger partial charge in [-0.15, -0.1) is 0 Å². The van der Waals surface area contributed by atoms with Crippen molar-refractivity contribution < 1.29 is 0 Å². The van der Waals surface area contributed by atoms with Gasteiger partial charge in [0.05, 0.1) is 11.5 Å². The first-order valence-electron chi connectivity index (χ1n) is 6.36. The van der Waals surface area contributed by atoms with Crippen molar-refractivity contribution in [2.45, 2.75) is 45.4 Å². The molecule has 0 aliphatic carbocycles. The Morgan fingerprint density at radius 1 is 1.18 bits per heavy atom. The molecule has 0 amide bonds. The predicted octanol–water partition coefficient (Wildman–Crippen LogP) is 4.09. The molecule has 0 saturated heterocycles. The molecule has 1 N–H and O–H groups in total. The summed E-state index contributed by atoms with van der Waals surface area (Å²) in [6, 6.07) is 10.5. The first-order chi connectivity index (χ1) is 8.10. The van der Waals surface area contributed by atoms with Crippen molar-refractivity contribution in [3.8, 4) is 6.07 Å². The lowest BCUT2D eigenvalue weighted by molar-refractivity contribution is 0.687. The summed E-state index contributed by atoms with van der Waals surface area (Å²) in [5, 5.41) is 12.4. The van der Waals surface area contributed by atoms with Crippen LogP contribution in [0.4, 0.5) is 5.69 Å². The first kappa shape index (κ1) is 13.6. The number of hydrogen-bond acceptors (Lipinski definition) is 2. The van der Waals surface area contributed by atoms with Crippen LogP contribution in [-0.4, -0.2) is 6.54 Å². The molecule has 0 atom stereocenters.